The van der Waals surface area contributed by atoms with E-state index >= 15 is 0 Å². The summed E-state index contributed by atoms with van der Waals surface area (Å²) in [7, 11) is 0. The minimum atomic E-state index is -0.0944. The van der Waals surface area contributed by atoms with Crippen molar-refractivity contribution in [1.82, 2.24) is 9.55 Å². The summed E-state index contributed by atoms with van der Waals surface area (Å²) in [4.78, 5) is 16.0. The third-order valence-corrected chi connectivity index (χ3v) is 3.34. The first-order valence-electron chi connectivity index (χ1n) is 5.45. The monoisotopic (exact) mass is 282 g/mol. The van der Waals surface area contributed by atoms with Crippen LogP contribution in [0.4, 0.5) is 0 Å². The van der Waals surface area contributed by atoms with Crippen molar-refractivity contribution in [3.8, 4) is 5.82 Å². The number of alkyl halides is 1. The van der Waals surface area contributed by atoms with Crippen LogP contribution in [0, 0.1) is 13.8 Å². The fraction of sp³-hybridized carbons (Fsp3) is 0.231. The van der Waals surface area contributed by atoms with Crippen LogP contribution in [-0.2, 0) is 0 Å². The van der Waals surface area contributed by atoms with Crippen molar-refractivity contribution in [2.75, 3.05) is 5.88 Å². The average molecular weight is 283 g/mol. The number of nitrogens with zero attached hydrogens (tertiary/aromatic N) is 2. The number of carbonyl (C=O) groups is 1. The van der Waals surface area contributed by atoms with Crippen LogP contribution in [0.2, 0.25) is 5.02 Å². The second-order valence-electron chi connectivity index (χ2n) is 3.99. The molecule has 0 fully saturated rings. The van der Waals surface area contributed by atoms with Crippen molar-refractivity contribution in [1.29, 1.82) is 0 Å². The van der Waals surface area contributed by atoms with E-state index < -0.39 is 0 Å². The molecule has 94 valence electrons. The minimum Gasteiger partial charge on any atom is -0.301 e. The molecule has 0 unspecified atom stereocenters. The average Bonchev–Trinajstić information content (AvgIpc) is 2.65. The molecule has 0 aliphatic carbocycles. The second kappa shape index (κ2) is 5.12. The molecule has 0 N–H and O–H groups in total. The summed E-state index contributed by atoms with van der Waals surface area (Å²) in [5, 5.41) is 0.546. The maximum atomic E-state index is 11.7. The molecule has 0 aliphatic rings. The number of rotatable bonds is 3. The summed E-state index contributed by atoms with van der Waals surface area (Å²) in [5.41, 5.74) is 2.32. The van der Waals surface area contributed by atoms with E-state index in [1.807, 2.05) is 24.5 Å². The summed E-state index contributed by atoms with van der Waals surface area (Å²) in [5.74, 6) is 0.506. The molecular formula is C13H12Cl2N2O. The first-order valence-corrected chi connectivity index (χ1v) is 6.36. The van der Waals surface area contributed by atoms with Gasteiger partial charge in [0.1, 0.15) is 0 Å². The van der Waals surface area contributed by atoms with E-state index in [0.717, 1.165) is 11.4 Å². The molecule has 0 saturated carbocycles. The molecule has 5 heteroatoms. The highest BCUT2D eigenvalue weighted by Gasteiger charge is 2.17. The molecule has 0 aliphatic heterocycles. The maximum Gasteiger partial charge on any atom is 0.179 e. The Morgan fingerprint density at radius 2 is 2.17 bits per heavy atom. The molecule has 18 heavy (non-hydrogen) atoms. The Balaban J connectivity index is 2.63. The van der Waals surface area contributed by atoms with Crippen LogP contribution in [0.15, 0.2) is 24.4 Å². The van der Waals surface area contributed by atoms with E-state index in [0.29, 0.717) is 16.4 Å². The van der Waals surface area contributed by atoms with Gasteiger partial charge < -0.3 is 4.57 Å². The molecule has 3 nitrogen and oxygen atoms in total. The third kappa shape index (κ3) is 2.16. The molecule has 2 aromatic heterocycles. The summed E-state index contributed by atoms with van der Waals surface area (Å²) < 4.78 is 1.86. The van der Waals surface area contributed by atoms with Crippen LogP contribution in [0.3, 0.4) is 0 Å². The van der Waals surface area contributed by atoms with Crippen molar-refractivity contribution >= 4 is 29.0 Å². The van der Waals surface area contributed by atoms with Gasteiger partial charge in [0.05, 0.1) is 10.9 Å². The standard InChI is InChI=1S/C13H12Cl2N2O/c1-8-6-10(12(18)7-14)9(2)17(8)13-11(15)4-3-5-16-13/h3-6H,7H2,1-2H3. The molecule has 2 rings (SSSR count). The third-order valence-electron chi connectivity index (χ3n) is 2.80. The molecular weight excluding hydrogens is 271 g/mol. The molecule has 0 atom stereocenters. The minimum absolute atomic E-state index is 0.0275. The van der Waals surface area contributed by atoms with Gasteiger partial charge in [-0.05, 0) is 32.0 Å². The number of aryl methyl sites for hydroxylation is 1. The molecule has 0 spiro atoms. The first kappa shape index (κ1) is 13.1. The number of carbonyl (C=O) groups excluding carboxylic acids is 1. The number of ketones is 1. The van der Waals surface area contributed by atoms with Gasteiger partial charge in [0.15, 0.2) is 11.6 Å². The maximum absolute atomic E-state index is 11.7. The van der Waals surface area contributed by atoms with E-state index in [4.69, 9.17) is 23.2 Å². The lowest BCUT2D eigenvalue weighted by Crippen LogP contribution is -2.05. The molecule has 2 aromatic rings. The lowest BCUT2D eigenvalue weighted by molar-refractivity contribution is 0.102. The summed E-state index contributed by atoms with van der Waals surface area (Å²) in [6.45, 7) is 3.76. The Morgan fingerprint density at radius 3 is 2.78 bits per heavy atom. The Hall–Kier alpha value is -1.32. The van der Waals surface area contributed by atoms with Gasteiger partial charge in [-0.15, -0.1) is 11.6 Å². The predicted octanol–water partition coefficient (Wildman–Crippen LogP) is 3.56. The van der Waals surface area contributed by atoms with Gasteiger partial charge >= 0.3 is 0 Å². The molecule has 0 aromatic carbocycles. The van der Waals surface area contributed by atoms with Crippen LogP contribution >= 0.6 is 23.2 Å². The van der Waals surface area contributed by atoms with E-state index in [-0.39, 0.29) is 11.7 Å². The normalized spacial score (nSPS) is 10.7. The Morgan fingerprint density at radius 1 is 1.44 bits per heavy atom. The van der Waals surface area contributed by atoms with E-state index in [9.17, 15) is 4.79 Å². The fourth-order valence-corrected chi connectivity index (χ4v) is 2.33. The van der Waals surface area contributed by atoms with Crippen LogP contribution in [0.25, 0.3) is 5.82 Å². The van der Waals surface area contributed by atoms with Gasteiger partial charge in [-0.3, -0.25) is 4.79 Å². The van der Waals surface area contributed by atoms with E-state index in [1.165, 1.54) is 0 Å². The van der Waals surface area contributed by atoms with Crippen molar-refractivity contribution in [3.63, 3.8) is 0 Å². The number of pyridine rings is 1. The van der Waals surface area contributed by atoms with Gasteiger partial charge in [0.25, 0.3) is 0 Å². The zero-order chi connectivity index (χ0) is 13.3. The quantitative estimate of drug-likeness (QED) is 0.637. The van der Waals surface area contributed by atoms with Crippen molar-refractivity contribution in [2.24, 2.45) is 0 Å². The predicted molar refractivity (Wildman–Crippen MR) is 73.1 cm³/mol. The summed E-state index contributed by atoms with van der Waals surface area (Å²) >= 11 is 11.7. The topological polar surface area (TPSA) is 34.9 Å². The fourth-order valence-electron chi connectivity index (χ4n) is 1.98. The molecule has 0 amide bonds. The van der Waals surface area contributed by atoms with Crippen LogP contribution < -0.4 is 0 Å². The van der Waals surface area contributed by atoms with Crippen LogP contribution in [0.5, 0.6) is 0 Å². The molecule has 2 heterocycles. The second-order valence-corrected chi connectivity index (χ2v) is 4.66. The van der Waals surface area contributed by atoms with Gasteiger partial charge in [0.2, 0.25) is 0 Å². The zero-order valence-electron chi connectivity index (χ0n) is 10.1. The highest BCUT2D eigenvalue weighted by atomic mass is 35.5. The highest BCUT2D eigenvalue weighted by Crippen LogP contribution is 2.24. The van der Waals surface area contributed by atoms with Crippen LogP contribution in [-0.4, -0.2) is 21.2 Å². The van der Waals surface area contributed by atoms with Gasteiger partial charge in [-0.1, -0.05) is 11.6 Å². The number of hydrogen-bond donors (Lipinski definition) is 0. The number of halogens is 2. The molecule has 0 saturated heterocycles. The lowest BCUT2D eigenvalue weighted by Gasteiger charge is -2.09. The van der Waals surface area contributed by atoms with E-state index in [1.54, 1.807) is 18.3 Å². The van der Waals surface area contributed by atoms with Gasteiger partial charge in [-0.25, -0.2) is 4.98 Å². The summed E-state index contributed by atoms with van der Waals surface area (Å²) in [6.07, 6.45) is 1.67. The first-order chi connectivity index (χ1) is 8.56. The smallest absolute Gasteiger partial charge is 0.179 e. The zero-order valence-corrected chi connectivity index (χ0v) is 11.6. The van der Waals surface area contributed by atoms with Crippen molar-refractivity contribution in [2.45, 2.75) is 13.8 Å². The SMILES string of the molecule is Cc1cc(C(=O)CCl)c(C)n1-c1ncccc1Cl. The number of aromatic nitrogens is 2. The molecule has 0 bridgehead atoms. The van der Waals surface area contributed by atoms with Gasteiger partial charge in [0, 0.05) is 23.1 Å². The van der Waals surface area contributed by atoms with Crippen molar-refractivity contribution < 1.29 is 4.79 Å². The number of hydrogen-bond acceptors (Lipinski definition) is 2. The van der Waals surface area contributed by atoms with E-state index in [2.05, 4.69) is 4.98 Å². The lowest BCUT2D eigenvalue weighted by atomic mass is 10.2. The highest BCUT2D eigenvalue weighted by molar-refractivity contribution is 6.32. The van der Waals surface area contributed by atoms with Gasteiger partial charge in [-0.2, -0.15) is 0 Å². The van der Waals surface area contributed by atoms with Crippen molar-refractivity contribution in [3.05, 3.63) is 46.4 Å². The Bertz CT molecular complexity index is 605. The Kier molecular flexibility index (Phi) is 3.73. The largest absolute Gasteiger partial charge is 0.301 e. The molecule has 0 radical (unpaired) electrons. The summed E-state index contributed by atoms with van der Waals surface area (Å²) in [6, 6.07) is 5.35. The van der Waals surface area contributed by atoms with Crippen LogP contribution in [0.1, 0.15) is 21.7 Å². The Labute approximate surface area is 115 Å². The number of Topliss-reactive ketones (excluding diaryl/α,β-unsaturated/α-hetero) is 1.